The number of halogens is 2. The van der Waals surface area contributed by atoms with E-state index in [1.165, 1.54) is 18.2 Å². The highest BCUT2D eigenvalue weighted by Crippen LogP contribution is 2.31. The topological polar surface area (TPSA) is 90.3 Å². The summed E-state index contributed by atoms with van der Waals surface area (Å²) in [7, 11) is 0. The number of carbonyl (C=O) groups excluding carboxylic acids is 2. The first-order valence-corrected chi connectivity index (χ1v) is 11.1. The Morgan fingerprint density at radius 1 is 1.21 bits per heavy atom. The summed E-state index contributed by atoms with van der Waals surface area (Å²) in [5.74, 6) is -1.66. The lowest BCUT2D eigenvalue weighted by molar-refractivity contribution is -0.115. The van der Waals surface area contributed by atoms with Crippen molar-refractivity contribution in [3.05, 3.63) is 86.4 Å². The lowest BCUT2D eigenvalue weighted by Crippen LogP contribution is -2.25. The molecule has 33 heavy (non-hydrogen) atoms. The SMILES string of the molecule is CCOC(=O)c1nn(-c2cccc(F)c2)c(=O)c2c(NC(=O)Cc3ccc(Cl)cc3)scc12. The second-order valence-corrected chi connectivity index (χ2v) is 8.29. The van der Waals surface area contributed by atoms with Gasteiger partial charge in [-0.25, -0.2) is 9.18 Å². The average Bonchev–Trinajstić information content (AvgIpc) is 3.19. The van der Waals surface area contributed by atoms with Gasteiger partial charge in [0.15, 0.2) is 5.69 Å². The van der Waals surface area contributed by atoms with Gasteiger partial charge in [0.1, 0.15) is 10.8 Å². The fraction of sp³-hybridized carbons (Fsp3) is 0.130. The van der Waals surface area contributed by atoms with Gasteiger partial charge >= 0.3 is 5.97 Å². The van der Waals surface area contributed by atoms with E-state index in [0.717, 1.165) is 27.6 Å². The van der Waals surface area contributed by atoms with Gasteiger partial charge in [-0.3, -0.25) is 9.59 Å². The third-order valence-electron chi connectivity index (χ3n) is 4.70. The van der Waals surface area contributed by atoms with Gasteiger partial charge in [0.05, 0.1) is 24.1 Å². The van der Waals surface area contributed by atoms with Crippen LogP contribution in [0.3, 0.4) is 0 Å². The van der Waals surface area contributed by atoms with Gasteiger partial charge in [-0.1, -0.05) is 29.8 Å². The molecule has 0 aliphatic rings. The molecule has 0 spiro atoms. The molecule has 0 saturated heterocycles. The number of fused-ring (bicyclic) bond motifs is 1. The van der Waals surface area contributed by atoms with Gasteiger partial charge < -0.3 is 10.1 Å². The zero-order chi connectivity index (χ0) is 23.5. The molecule has 2 aromatic heterocycles. The van der Waals surface area contributed by atoms with E-state index in [1.807, 2.05) is 0 Å². The Morgan fingerprint density at radius 2 is 1.97 bits per heavy atom. The number of rotatable bonds is 6. The molecule has 2 aromatic carbocycles. The molecule has 4 aromatic rings. The third kappa shape index (κ3) is 4.79. The van der Waals surface area contributed by atoms with Crippen molar-refractivity contribution in [2.45, 2.75) is 13.3 Å². The lowest BCUT2D eigenvalue weighted by atomic mass is 10.1. The van der Waals surface area contributed by atoms with Crippen molar-refractivity contribution in [2.24, 2.45) is 0 Å². The zero-order valence-electron chi connectivity index (χ0n) is 17.3. The minimum atomic E-state index is -0.732. The van der Waals surface area contributed by atoms with Gasteiger partial charge in [0.2, 0.25) is 5.91 Å². The van der Waals surface area contributed by atoms with Gasteiger partial charge in [-0.05, 0) is 42.8 Å². The highest BCUT2D eigenvalue weighted by molar-refractivity contribution is 7.16. The highest BCUT2D eigenvalue weighted by atomic mass is 35.5. The summed E-state index contributed by atoms with van der Waals surface area (Å²) in [5, 5.41) is 9.59. The molecule has 7 nitrogen and oxygen atoms in total. The van der Waals surface area contributed by atoms with Crippen LogP contribution < -0.4 is 10.9 Å². The molecule has 0 bridgehead atoms. The summed E-state index contributed by atoms with van der Waals surface area (Å²) in [6.45, 7) is 1.75. The number of benzene rings is 2. The lowest BCUT2D eigenvalue weighted by Gasteiger charge is -2.10. The number of amides is 1. The highest BCUT2D eigenvalue weighted by Gasteiger charge is 2.23. The molecule has 0 saturated carbocycles. The summed E-state index contributed by atoms with van der Waals surface area (Å²) in [5.41, 5.74) is 0.165. The number of carbonyl (C=O) groups is 2. The normalized spacial score (nSPS) is 10.9. The molecule has 2 heterocycles. The number of aromatic nitrogens is 2. The van der Waals surface area contributed by atoms with Gasteiger partial charge in [-0.15, -0.1) is 11.3 Å². The van der Waals surface area contributed by atoms with Crippen LogP contribution in [0.2, 0.25) is 5.02 Å². The molecule has 1 amide bonds. The van der Waals surface area contributed by atoms with Gasteiger partial charge in [-0.2, -0.15) is 9.78 Å². The van der Waals surface area contributed by atoms with Crippen LogP contribution in [0, 0.1) is 5.82 Å². The van der Waals surface area contributed by atoms with E-state index in [-0.39, 0.29) is 46.1 Å². The van der Waals surface area contributed by atoms with Crippen molar-refractivity contribution in [3.63, 3.8) is 0 Å². The molecule has 1 N–H and O–H groups in total. The number of anilines is 1. The number of thiophene rings is 1. The summed E-state index contributed by atoms with van der Waals surface area (Å²) in [6.07, 6.45) is 0.0600. The molecule has 10 heteroatoms. The Morgan fingerprint density at radius 3 is 2.67 bits per heavy atom. The molecule has 0 aliphatic heterocycles. The fourth-order valence-corrected chi connectivity index (χ4v) is 4.31. The van der Waals surface area contributed by atoms with Crippen LogP contribution >= 0.6 is 22.9 Å². The van der Waals surface area contributed by atoms with Crippen LogP contribution in [0.15, 0.2) is 58.7 Å². The predicted octanol–water partition coefficient (Wildman–Crippen LogP) is 4.60. The van der Waals surface area contributed by atoms with E-state index in [9.17, 15) is 18.8 Å². The molecular formula is C23H17ClFN3O4S. The standard InChI is InChI=1S/C23H17ClFN3O4S/c1-2-32-23(31)20-17-12-33-21(26-18(29)10-13-6-8-14(24)9-7-13)19(17)22(30)28(27-20)16-5-3-4-15(25)11-16/h3-9,11-12H,2,10H2,1H3,(H,26,29). The van der Waals surface area contributed by atoms with Crippen molar-refractivity contribution >= 4 is 50.6 Å². The van der Waals surface area contributed by atoms with Crippen LogP contribution in [0.5, 0.6) is 0 Å². The van der Waals surface area contributed by atoms with E-state index < -0.39 is 17.3 Å². The molecule has 0 fully saturated rings. The maximum absolute atomic E-state index is 13.8. The largest absolute Gasteiger partial charge is 0.461 e. The number of esters is 1. The maximum Gasteiger partial charge on any atom is 0.359 e. The number of nitrogens with zero attached hydrogens (tertiary/aromatic N) is 2. The number of nitrogens with one attached hydrogen (secondary N) is 1. The van der Waals surface area contributed by atoms with Crippen LogP contribution in [0.25, 0.3) is 16.5 Å². The quantitative estimate of drug-likeness (QED) is 0.403. The molecular weight excluding hydrogens is 469 g/mol. The maximum atomic E-state index is 13.8. The Labute approximate surface area is 196 Å². The molecule has 4 rings (SSSR count). The fourth-order valence-electron chi connectivity index (χ4n) is 3.23. The summed E-state index contributed by atoms with van der Waals surface area (Å²) in [6, 6.07) is 12.1. The molecule has 0 atom stereocenters. The Balaban J connectivity index is 1.79. The minimum Gasteiger partial charge on any atom is -0.461 e. The number of hydrogen-bond acceptors (Lipinski definition) is 6. The zero-order valence-corrected chi connectivity index (χ0v) is 18.9. The summed E-state index contributed by atoms with van der Waals surface area (Å²) in [4.78, 5) is 38.5. The van der Waals surface area contributed by atoms with E-state index in [1.54, 1.807) is 36.6 Å². The van der Waals surface area contributed by atoms with Crippen LogP contribution in [0.4, 0.5) is 9.39 Å². The van der Waals surface area contributed by atoms with Crippen molar-refractivity contribution in [1.82, 2.24) is 9.78 Å². The van der Waals surface area contributed by atoms with E-state index in [4.69, 9.17) is 16.3 Å². The van der Waals surface area contributed by atoms with E-state index >= 15 is 0 Å². The van der Waals surface area contributed by atoms with Crippen molar-refractivity contribution in [2.75, 3.05) is 11.9 Å². The van der Waals surface area contributed by atoms with Crippen LogP contribution in [0.1, 0.15) is 23.0 Å². The third-order valence-corrected chi connectivity index (χ3v) is 5.85. The number of ether oxygens (including phenoxy) is 1. The monoisotopic (exact) mass is 485 g/mol. The van der Waals surface area contributed by atoms with Crippen LogP contribution in [-0.2, 0) is 16.0 Å². The molecule has 0 unspecified atom stereocenters. The summed E-state index contributed by atoms with van der Waals surface area (Å²) < 4.78 is 19.8. The minimum absolute atomic E-state index is 0.0600. The van der Waals surface area contributed by atoms with Crippen molar-refractivity contribution in [1.29, 1.82) is 0 Å². The molecule has 168 valence electrons. The van der Waals surface area contributed by atoms with Crippen molar-refractivity contribution in [3.8, 4) is 5.69 Å². The van der Waals surface area contributed by atoms with E-state index in [0.29, 0.717) is 5.02 Å². The summed E-state index contributed by atoms with van der Waals surface area (Å²) >= 11 is 6.97. The van der Waals surface area contributed by atoms with E-state index in [2.05, 4.69) is 10.4 Å². The second kappa shape index (κ2) is 9.51. The Bertz CT molecular complexity index is 1420. The first kappa shape index (κ1) is 22.6. The van der Waals surface area contributed by atoms with Gasteiger partial charge in [0.25, 0.3) is 5.56 Å². The smallest absolute Gasteiger partial charge is 0.359 e. The first-order valence-electron chi connectivity index (χ1n) is 9.89. The van der Waals surface area contributed by atoms with Gasteiger partial charge in [0, 0.05) is 15.8 Å². The first-order chi connectivity index (χ1) is 15.9. The number of hydrogen-bond donors (Lipinski definition) is 1. The average molecular weight is 486 g/mol. The Hall–Kier alpha value is -3.56. The predicted molar refractivity (Wildman–Crippen MR) is 125 cm³/mol. The molecule has 0 aliphatic carbocycles. The Kier molecular flexibility index (Phi) is 6.52. The molecule has 0 radical (unpaired) electrons. The van der Waals surface area contributed by atoms with Crippen molar-refractivity contribution < 1.29 is 18.7 Å². The van der Waals surface area contributed by atoms with Crippen LogP contribution in [-0.4, -0.2) is 28.3 Å². The second-order valence-electron chi connectivity index (χ2n) is 6.97.